The van der Waals surface area contributed by atoms with Crippen molar-refractivity contribution in [2.75, 3.05) is 19.0 Å². The largest absolute Gasteiger partial charge is 0.496 e. The van der Waals surface area contributed by atoms with Crippen molar-refractivity contribution >= 4 is 21.6 Å². The second-order valence-corrected chi connectivity index (χ2v) is 9.01. The van der Waals surface area contributed by atoms with E-state index in [-0.39, 0.29) is 17.1 Å². The summed E-state index contributed by atoms with van der Waals surface area (Å²) in [6.45, 7) is 1.13. The Hall–Kier alpha value is -3.30. The zero-order chi connectivity index (χ0) is 23.3. The van der Waals surface area contributed by atoms with Gasteiger partial charge in [-0.15, -0.1) is 0 Å². The van der Waals surface area contributed by atoms with Gasteiger partial charge in [0.1, 0.15) is 5.75 Å². The van der Waals surface area contributed by atoms with Crippen LogP contribution in [0.15, 0.2) is 71.6 Å². The first-order valence-electron chi connectivity index (χ1n) is 9.64. The Morgan fingerprint density at radius 3 is 2.34 bits per heavy atom. The number of ether oxygens (including phenoxy) is 1. The topological polar surface area (TPSA) is 75.7 Å². The highest BCUT2D eigenvalue weighted by atomic mass is 32.2. The molecule has 0 atom stereocenters. The van der Waals surface area contributed by atoms with Gasteiger partial charge in [-0.05, 0) is 48.4 Å². The number of sulfonamides is 1. The number of benzene rings is 3. The van der Waals surface area contributed by atoms with Crippen LogP contribution in [0, 0.1) is 18.6 Å². The Morgan fingerprint density at radius 1 is 1.00 bits per heavy atom. The van der Waals surface area contributed by atoms with Gasteiger partial charge in [0.15, 0.2) is 11.6 Å². The van der Waals surface area contributed by atoms with E-state index in [0.717, 1.165) is 16.4 Å². The first-order valence-corrected chi connectivity index (χ1v) is 11.1. The quantitative estimate of drug-likeness (QED) is 0.549. The van der Waals surface area contributed by atoms with Gasteiger partial charge in [0.25, 0.3) is 0 Å². The fraction of sp³-hybridized carbons (Fsp3) is 0.174. The van der Waals surface area contributed by atoms with Crippen LogP contribution in [0.3, 0.4) is 0 Å². The molecule has 0 aromatic heterocycles. The number of hydrogen-bond donors (Lipinski definition) is 1. The van der Waals surface area contributed by atoms with Gasteiger partial charge < -0.3 is 10.1 Å². The molecule has 3 aromatic carbocycles. The molecule has 1 N–H and O–H groups in total. The van der Waals surface area contributed by atoms with Crippen LogP contribution >= 0.6 is 0 Å². The summed E-state index contributed by atoms with van der Waals surface area (Å²) in [5, 5.41) is 2.41. The highest BCUT2D eigenvalue weighted by molar-refractivity contribution is 7.89. The molecule has 6 nitrogen and oxygen atoms in total. The lowest BCUT2D eigenvalue weighted by Crippen LogP contribution is -2.37. The van der Waals surface area contributed by atoms with Crippen molar-refractivity contribution in [1.29, 1.82) is 0 Å². The predicted octanol–water partition coefficient (Wildman–Crippen LogP) is 4.11. The van der Waals surface area contributed by atoms with Crippen molar-refractivity contribution in [3.05, 3.63) is 89.5 Å². The summed E-state index contributed by atoms with van der Waals surface area (Å²) in [6, 6.07) is 16.1. The minimum Gasteiger partial charge on any atom is -0.496 e. The van der Waals surface area contributed by atoms with Gasteiger partial charge in [0.05, 0.1) is 18.6 Å². The molecule has 0 saturated carbocycles. The van der Waals surface area contributed by atoms with E-state index in [0.29, 0.717) is 16.9 Å². The Kier molecular flexibility index (Phi) is 7.22. The lowest BCUT2D eigenvalue weighted by molar-refractivity contribution is -0.116. The Morgan fingerprint density at radius 2 is 1.72 bits per heavy atom. The van der Waals surface area contributed by atoms with Gasteiger partial charge in [-0.2, -0.15) is 4.31 Å². The van der Waals surface area contributed by atoms with Gasteiger partial charge >= 0.3 is 0 Å². The summed E-state index contributed by atoms with van der Waals surface area (Å²) in [6.07, 6.45) is 0. The van der Waals surface area contributed by atoms with Crippen LogP contribution in [0.4, 0.5) is 14.5 Å². The molecule has 1 amide bonds. The summed E-state index contributed by atoms with van der Waals surface area (Å²) in [7, 11) is -2.58. The number of hydrogen-bond acceptors (Lipinski definition) is 4. The molecule has 168 valence electrons. The van der Waals surface area contributed by atoms with E-state index in [4.69, 9.17) is 4.74 Å². The van der Waals surface area contributed by atoms with Crippen LogP contribution in [-0.4, -0.2) is 32.3 Å². The third-order valence-corrected chi connectivity index (χ3v) is 6.52. The lowest BCUT2D eigenvalue weighted by Gasteiger charge is -2.22. The predicted molar refractivity (Wildman–Crippen MR) is 117 cm³/mol. The maximum atomic E-state index is 13.4. The number of aryl methyl sites for hydroxylation is 1. The van der Waals surface area contributed by atoms with Crippen LogP contribution in [0.1, 0.15) is 11.1 Å². The van der Waals surface area contributed by atoms with E-state index < -0.39 is 34.1 Å². The summed E-state index contributed by atoms with van der Waals surface area (Å²) in [5.41, 5.74) is 1.33. The van der Waals surface area contributed by atoms with E-state index in [1.54, 1.807) is 43.3 Å². The lowest BCUT2D eigenvalue weighted by atomic mass is 10.2. The molecule has 32 heavy (non-hydrogen) atoms. The van der Waals surface area contributed by atoms with Crippen molar-refractivity contribution in [2.45, 2.75) is 18.4 Å². The summed E-state index contributed by atoms with van der Waals surface area (Å²) in [5.74, 6) is -2.33. The third-order valence-electron chi connectivity index (χ3n) is 4.73. The molecule has 0 aliphatic heterocycles. The number of methoxy groups -OCH3 is 1. The van der Waals surface area contributed by atoms with Gasteiger partial charge in [-0.25, -0.2) is 17.2 Å². The van der Waals surface area contributed by atoms with E-state index in [1.807, 2.05) is 0 Å². The fourth-order valence-corrected chi connectivity index (χ4v) is 4.58. The summed E-state index contributed by atoms with van der Waals surface area (Å²) >= 11 is 0. The van der Waals surface area contributed by atoms with Gasteiger partial charge in [0, 0.05) is 18.3 Å². The van der Waals surface area contributed by atoms with Crippen molar-refractivity contribution in [1.82, 2.24) is 4.31 Å². The summed E-state index contributed by atoms with van der Waals surface area (Å²) < 4.78 is 59.5. The van der Waals surface area contributed by atoms with E-state index >= 15 is 0 Å². The minimum atomic E-state index is -4.07. The van der Waals surface area contributed by atoms with Crippen molar-refractivity contribution in [2.24, 2.45) is 0 Å². The molecule has 3 aromatic rings. The highest BCUT2D eigenvalue weighted by Gasteiger charge is 2.27. The zero-order valence-electron chi connectivity index (χ0n) is 17.5. The SMILES string of the molecule is COc1ccc(S(=O)(=O)N(CC(=O)Nc2ccc(F)c(F)c2)Cc2ccccc2)cc1C. The molecule has 0 heterocycles. The highest BCUT2D eigenvalue weighted by Crippen LogP contribution is 2.25. The number of anilines is 1. The molecule has 0 spiro atoms. The van der Waals surface area contributed by atoms with Crippen LogP contribution in [0.5, 0.6) is 5.75 Å². The van der Waals surface area contributed by atoms with Gasteiger partial charge in [-0.1, -0.05) is 30.3 Å². The standard InChI is InChI=1S/C23H22F2N2O4S/c1-16-12-19(9-11-22(16)31-2)32(29,30)27(14-17-6-4-3-5-7-17)15-23(28)26-18-8-10-20(24)21(25)13-18/h3-13H,14-15H2,1-2H3,(H,26,28). The van der Waals surface area contributed by atoms with Gasteiger partial charge in [0.2, 0.25) is 15.9 Å². The van der Waals surface area contributed by atoms with Crippen molar-refractivity contribution in [3.8, 4) is 5.75 Å². The fourth-order valence-electron chi connectivity index (χ4n) is 3.11. The van der Waals surface area contributed by atoms with Gasteiger partial charge in [-0.3, -0.25) is 4.79 Å². The number of amides is 1. The average Bonchev–Trinajstić information content (AvgIpc) is 2.76. The average molecular weight is 461 g/mol. The molecule has 3 rings (SSSR count). The third kappa shape index (κ3) is 5.49. The molecular formula is C23H22F2N2O4S. The number of carbonyl (C=O) groups is 1. The van der Waals surface area contributed by atoms with Crippen LogP contribution in [0.25, 0.3) is 0 Å². The number of nitrogens with one attached hydrogen (secondary N) is 1. The molecule has 0 fully saturated rings. The molecule has 0 aliphatic carbocycles. The maximum Gasteiger partial charge on any atom is 0.243 e. The molecular weight excluding hydrogens is 438 g/mol. The number of nitrogens with zero attached hydrogens (tertiary/aromatic N) is 1. The molecule has 0 saturated heterocycles. The molecule has 0 unspecified atom stereocenters. The Bertz CT molecular complexity index is 1220. The Balaban J connectivity index is 1.89. The smallest absolute Gasteiger partial charge is 0.243 e. The van der Waals surface area contributed by atoms with Crippen molar-refractivity contribution in [3.63, 3.8) is 0 Å². The zero-order valence-corrected chi connectivity index (χ0v) is 18.3. The first kappa shape index (κ1) is 23.4. The minimum absolute atomic E-state index is 0.00681. The number of carbonyl (C=O) groups excluding carboxylic acids is 1. The van der Waals surface area contributed by atoms with E-state index in [9.17, 15) is 22.0 Å². The first-order chi connectivity index (χ1) is 15.2. The number of halogens is 2. The summed E-state index contributed by atoms with van der Waals surface area (Å²) in [4.78, 5) is 12.6. The Labute approximate surface area is 185 Å². The van der Waals surface area contributed by atoms with Crippen molar-refractivity contribution < 1.29 is 26.7 Å². The van der Waals surface area contributed by atoms with E-state index in [1.165, 1.54) is 25.3 Å². The molecule has 0 bridgehead atoms. The molecule has 0 radical (unpaired) electrons. The molecule has 0 aliphatic rings. The normalized spacial score (nSPS) is 11.4. The van der Waals surface area contributed by atoms with E-state index in [2.05, 4.69) is 5.32 Å². The second kappa shape index (κ2) is 9.88. The number of rotatable bonds is 8. The van der Waals surface area contributed by atoms with Crippen LogP contribution in [0.2, 0.25) is 0 Å². The second-order valence-electron chi connectivity index (χ2n) is 7.07. The van der Waals surface area contributed by atoms with Crippen LogP contribution < -0.4 is 10.1 Å². The van der Waals surface area contributed by atoms with Crippen LogP contribution in [-0.2, 0) is 21.4 Å². The maximum absolute atomic E-state index is 13.4. The monoisotopic (exact) mass is 460 g/mol. The molecule has 9 heteroatoms.